The fraction of sp³-hybridized carbons (Fsp3) is 0.333. The van der Waals surface area contributed by atoms with Gasteiger partial charge in [-0.1, -0.05) is 53.0 Å². The van der Waals surface area contributed by atoms with Gasteiger partial charge in [0, 0.05) is 9.86 Å². The van der Waals surface area contributed by atoms with Gasteiger partial charge in [0.25, 0.3) is 5.56 Å². The third-order valence-corrected chi connectivity index (χ3v) is 5.45. The first-order chi connectivity index (χ1) is 11.2. The molecule has 0 saturated heterocycles. The van der Waals surface area contributed by atoms with Crippen molar-refractivity contribution in [2.24, 2.45) is 0 Å². The lowest BCUT2D eigenvalue weighted by molar-refractivity contribution is 0.0735. The Balaban J connectivity index is 1.98. The molecule has 1 fully saturated rings. The van der Waals surface area contributed by atoms with E-state index in [1.807, 2.05) is 30.3 Å². The van der Waals surface area contributed by atoms with Crippen LogP contribution in [0, 0.1) is 0 Å². The summed E-state index contributed by atoms with van der Waals surface area (Å²) in [5.41, 5.74) is 0.641. The minimum Gasteiger partial charge on any atom is -0.391 e. The van der Waals surface area contributed by atoms with E-state index in [2.05, 4.69) is 20.9 Å². The van der Waals surface area contributed by atoms with E-state index < -0.39 is 6.10 Å². The predicted octanol–water partition coefficient (Wildman–Crippen LogP) is 3.79. The highest BCUT2D eigenvalue weighted by Gasteiger charge is 2.26. The highest BCUT2D eigenvalue weighted by atomic mass is 79.9. The first-order valence-electron chi connectivity index (χ1n) is 7.93. The fourth-order valence-corrected chi connectivity index (χ4v) is 4.16. The average molecular weight is 373 g/mol. The number of nitrogens with zero attached hydrogens (tertiary/aromatic N) is 2. The molecule has 118 valence electrons. The van der Waals surface area contributed by atoms with Gasteiger partial charge in [0.05, 0.1) is 29.4 Å². The lowest BCUT2D eigenvalue weighted by Gasteiger charge is -2.29. The molecule has 2 aromatic carbocycles. The van der Waals surface area contributed by atoms with Gasteiger partial charge in [-0.3, -0.25) is 9.36 Å². The lowest BCUT2D eigenvalue weighted by Crippen LogP contribution is -2.34. The molecule has 4 nitrogen and oxygen atoms in total. The molecule has 0 aliphatic heterocycles. The molecule has 0 amide bonds. The molecule has 0 radical (unpaired) electrons. The van der Waals surface area contributed by atoms with Crippen LogP contribution in [0.1, 0.15) is 31.7 Å². The minimum atomic E-state index is -0.468. The van der Waals surface area contributed by atoms with Crippen molar-refractivity contribution in [1.82, 2.24) is 9.55 Å². The van der Waals surface area contributed by atoms with E-state index >= 15 is 0 Å². The van der Waals surface area contributed by atoms with Crippen molar-refractivity contribution < 1.29 is 5.11 Å². The van der Waals surface area contributed by atoms with Crippen LogP contribution in [0.3, 0.4) is 0 Å². The van der Waals surface area contributed by atoms with Crippen LogP contribution in [-0.2, 0) is 0 Å². The van der Waals surface area contributed by atoms with Gasteiger partial charge in [0.15, 0.2) is 0 Å². The largest absolute Gasteiger partial charge is 0.391 e. The Bertz CT molecular complexity index is 951. The van der Waals surface area contributed by atoms with Crippen molar-refractivity contribution in [2.45, 2.75) is 37.8 Å². The van der Waals surface area contributed by atoms with Gasteiger partial charge in [-0.2, -0.15) is 0 Å². The van der Waals surface area contributed by atoms with Crippen LogP contribution >= 0.6 is 15.9 Å². The first kappa shape index (κ1) is 14.8. The number of aromatic nitrogens is 2. The lowest BCUT2D eigenvalue weighted by atomic mass is 9.92. The van der Waals surface area contributed by atoms with Crippen LogP contribution in [0.25, 0.3) is 21.7 Å². The zero-order chi connectivity index (χ0) is 16.0. The predicted molar refractivity (Wildman–Crippen MR) is 94.7 cm³/mol. The van der Waals surface area contributed by atoms with Gasteiger partial charge in [0.1, 0.15) is 0 Å². The first-order valence-corrected chi connectivity index (χ1v) is 8.72. The third-order valence-electron chi connectivity index (χ3n) is 4.79. The molecule has 1 aromatic heterocycles. The number of hydrogen-bond donors (Lipinski definition) is 1. The summed E-state index contributed by atoms with van der Waals surface area (Å²) in [5.74, 6) is 0. The van der Waals surface area contributed by atoms with E-state index in [1.165, 1.54) is 0 Å². The van der Waals surface area contributed by atoms with Crippen molar-refractivity contribution in [2.75, 3.05) is 0 Å². The molecule has 1 aliphatic carbocycles. The summed E-state index contributed by atoms with van der Waals surface area (Å²) in [6, 6.07) is 9.59. The molecule has 0 bridgehead atoms. The summed E-state index contributed by atoms with van der Waals surface area (Å²) >= 11 is 3.56. The molecule has 0 spiro atoms. The van der Waals surface area contributed by atoms with E-state index in [9.17, 15) is 9.90 Å². The second-order valence-corrected chi connectivity index (χ2v) is 7.03. The standard InChI is InChI=1S/C18H17BrN2O2/c19-14-9-13-17(12-6-2-1-5-11(12)14)20-10-21(18(13)23)15-7-3-4-8-16(15)22/h1-2,5-6,9-10,15-16,22H,3-4,7-8H2/t15-,16-/m1/s1. The van der Waals surface area contributed by atoms with Crippen LogP contribution in [0.4, 0.5) is 0 Å². The maximum atomic E-state index is 13.0. The molecule has 1 saturated carbocycles. The van der Waals surface area contributed by atoms with Gasteiger partial charge in [0.2, 0.25) is 0 Å². The summed E-state index contributed by atoms with van der Waals surface area (Å²) in [5, 5.41) is 12.8. The van der Waals surface area contributed by atoms with Crippen molar-refractivity contribution >= 4 is 37.6 Å². The molecule has 0 unspecified atom stereocenters. The number of hydrogen-bond acceptors (Lipinski definition) is 3. The van der Waals surface area contributed by atoms with E-state index in [-0.39, 0.29) is 11.6 Å². The second-order valence-electron chi connectivity index (χ2n) is 6.18. The molecule has 1 N–H and O–H groups in total. The fourth-order valence-electron chi connectivity index (χ4n) is 3.58. The Hall–Kier alpha value is -1.72. The average Bonchev–Trinajstić information content (AvgIpc) is 2.57. The van der Waals surface area contributed by atoms with Crippen molar-refractivity contribution in [3.05, 3.63) is 51.5 Å². The van der Waals surface area contributed by atoms with Gasteiger partial charge in [-0.25, -0.2) is 4.98 Å². The summed E-state index contributed by atoms with van der Waals surface area (Å²) in [6.07, 6.45) is 4.76. The molecule has 5 heteroatoms. The maximum absolute atomic E-state index is 13.0. The van der Waals surface area contributed by atoms with Gasteiger partial charge in [-0.05, 0) is 24.3 Å². The van der Waals surface area contributed by atoms with E-state index in [0.29, 0.717) is 5.39 Å². The number of benzene rings is 2. The number of aliphatic hydroxyl groups is 1. The van der Waals surface area contributed by atoms with E-state index in [1.54, 1.807) is 10.9 Å². The number of aliphatic hydroxyl groups excluding tert-OH is 1. The molecular formula is C18H17BrN2O2. The monoisotopic (exact) mass is 372 g/mol. The van der Waals surface area contributed by atoms with Gasteiger partial charge in [-0.15, -0.1) is 0 Å². The van der Waals surface area contributed by atoms with Crippen molar-refractivity contribution in [3.63, 3.8) is 0 Å². The highest BCUT2D eigenvalue weighted by Crippen LogP contribution is 2.31. The Labute approximate surface area is 141 Å². The SMILES string of the molecule is O=c1c2cc(Br)c3ccccc3c2ncn1[C@@H]1CCCC[C@H]1O. The van der Waals surface area contributed by atoms with E-state index in [4.69, 9.17) is 0 Å². The number of halogens is 1. The molecule has 1 heterocycles. The van der Waals surface area contributed by atoms with Gasteiger partial charge < -0.3 is 5.11 Å². The van der Waals surface area contributed by atoms with Crippen LogP contribution in [0.2, 0.25) is 0 Å². The second kappa shape index (κ2) is 5.73. The third kappa shape index (κ3) is 2.39. The Morgan fingerprint density at radius 2 is 1.87 bits per heavy atom. The maximum Gasteiger partial charge on any atom is 0.261 e. The summed E-state index contributed by atoms with van der Waals surface area (Å²) in [7, 11) is 0. The Kier molecular flexibility index (Phi) is 3.70. The molecule has 2 atom stereocenters. The summed E-state index contributed by atoms with van der Waals surface area (Å²) in [6.45, 7) is 0. The van der Waals surface area contributed by atoms with Crippen molar-refractivity contribution in [3.8, 4) is 0 Å². The van der Waals surface area contributed by atoms with Crippen molar-refractivity contribution in [1.29, 1.82) is 0 Å². The normalized spacial score (nSPS) is 21.8. The van der Waals surface area contributed by atoms with Gasteiger partial charge >= 0.3 is 0 Å². The van der Waals surface area contributed by atoms with Crippen LogP contribution in [-0.4, -0.2) is 20.8 Å². The topological polar surface area (TPSA) is 55.1 Å². The quantitative estimate of drug-likeness (QED) is 0.661. The zero-order valence-electron chi connectivity index (χ0n) is 12.6. The van der Waals surface area contributed by atoms with E-state index in [0.717, 1.165) is 46.4 Å². The molecule has 4 rings (SSSR count). The van der Waals surface area contributed by atoms with Crippen LogP contribution in [0.5, 0.6) is 0 Å². The number of rotatable bonds is 1. The molecule has 23 heavy (non-hydrogen) atoms. The Morgan fingerprint density at radius 3 is 2.65 bits per heavy atom. The van der Waals surface area contributed by atoms with Crippen LogP contribution < -0.4 is 5.56 Å². The number of fused-ring (bicyclic) bond motifs is 3. The minimum absolute atomic E-state index is 0.0765. The Morgan fingerprint density at radius 1 is 1.13 bits per heavy atom. The molecule has 3 aromatic rings. The zero-order valence-corrected chi connectivity index (χ0v) is 14.2. The molecule has 1 aliphatic rings. The van der Waals surface area contributed by atoms with Crippen LogP contribution in [0.15, 0.2) is 45.9 Å². The highest BCUT2D eigenvalue weighted by molar-refractivity contribution is 9.10. The summed E-state index contributed by atoms with van der Waals surface area (Å²) < 4.78 is 2.51. The smallest absolute Gasteiger partial charge is 0.261 e. The summed E-state index contributed by atoms with van der Waals surface area (Å²) in [4.78, 5) is 17.5. The molecular weight excluding hydrogens is 356 g/mol.